The summed E-state index contributed by atoms with van der Waals surface area (Å²) in [6.07, 6.45) is -2.67. The number of piperazine rings is 1. The minimum atomic E-state index is -4.80. The van der Waals surface area contributed by atoms with Crippen LogP contribution in [0.25, 0.3) is 16.9 Å². The fourth-order valence-electron chi connectivity index (χ4n) is 4.10. The van der Waals surface area contributed by atoms with Crippen LogP contribution in [0, 0.1) is 0 Å². The number of carbonyl (C=O) groups is 2. The Morgan fingerprint density at radius 2 is 1.83 bits per heavy atom. The SMILES string of the molecule is Nc1ncnc2c1ncn2-c1ccc(NC(=O)N(OCOC(=O)N2CCNCC2)c2ccc(Cl)c(C(F)(F)F)c2)cc1. The number of rotatable bonds is 6. The standard InChI is InChI=1S/C25H23ClF3N9O4/c26-19-6-5-17(11-18(19)25(27,28)29)38(42-14-41-24(40)36-9-7-31-8-10-36)23(39)35-15-1-3-16(4-2-15)37-13-34-20-21(30)32-12-33-22(20)37/h1-6,11-13,31H,7-10,14H2,(H,35,39)(H2,30,32,33). The molecule has 220 valence electrons. The number of nitrogens with one attached hydrogen (secondary N) is 2. The molecule has 4 aromatic rings. The molecular formula is C25H23ClF3N9O4. The zero-order valence-electron chi connectivity index (χ0n) is 21.6. The van der Waals surface area contributed by atoms with Crippen molar-refractivity contribution in [2.75, 3.05) is 49.1 Å². The van der Waals surface area contributed by atoms with Crippen LogP contribution in [-0.4, -0.2) is 69.5 Å². The van der Waals surface area contributed by atoms with Crippen LogP contribution < -0.4 is 21.4 Å². The first-order valence-corrected chi connectivity index (χ1v) is 12.8. The van der Waals surface area contributed by atoms with Gasteiger partial charge in [0.1, 0.15) is 12.7 Å². The highest BCUT2D eigenvalue weighted by atomic mass is 35.5. The van der Waals surface area contributed by atoms with Gasteiger partial charge in [0.25, 0.3) is 0 Å². The van der Waals surface area contributed by atoms with Gasteiger partial charge in [0, 0.05) is 37.6 Å². The number of carbonyl (C=O) groups excluding carboxylic acids is 2. The summed E-state index contributed by atoms with van der Waals surface area (Å²) in [5, 5.41) is 5.62. The molecule has 0 unspecified atom stereocenters. The van der Waals surface area contributed by atoms with Gasteiger partial charge in [-0.3, -0.25) is 4.57 Å². The van der Waals surface area contributed by atoms with Crippen LogP contribution in [0.3, 0.4) is 0 Å². The van der Waals surface area contributed by atoms with Gasteiger partial charge in [-0.2, -0.15) is 18.2 Å². The Kier molecular flexibility index (Phi) is 8.28. The number of ether oxygens (including phenoxy) is 1. The molecular weight excluding hydrogens is 583 g/mol. The summed E-state index contributed by atoms with van der Waals surface area (Å²) in [5.41, 5.74) is 6.16. The molecule has 42 heavy (non-hydrogen) atoms. The van der Waals surface area contributed by atoms with Gasteiger partial charge in [-0.15, -0.1) is 0 Å². The number of hydroxylamine groups is 1. The molecule has 1 saturated heterocycles. The van der Waals surface area contributed by atoms with Gasteiger partial charge < -0.3 is 26.0 Å². The van der Waals surface area contributed by atoms with Crippen molar-refractivity contribution < 1.29 is 32.3 Å². The van der Waals surface area contributed by atoms with Crippen molar-refractivity contribution in [2.24, 2.45) is 0 Å². The summed E-state index contributed by atoms with van der Waals surface area (Å²) in [7, 11) is 0. The first-order valence-electron chi connectivity index (χ1n) is 12.4. The topological polar surface area (TPSA) is 153 Å². The van der Waals surface area contributed by atoms with Crippen LogP contribution in [0.5, 0.6) is 0 Å². The van der Waals surface area contributed by atoms with Gasteiger partial charge in [-0.1, -0.05) is 11.6 Å². The third kappa shape index (κ3) is 6.29. The van der Waals surface area contributed by atoms with Crippen LogP contribution in [-0.2, 0) is 15.8 Å². The quantitative estimate of drug-likeness (QED) is 0.218. The Morgan fingerprint density at radius 1 is 1.10 bits per heavy atom. The highest BCUT2D eigenvalue weighted by molar-refractivity contribution is 6.31. The fourth-order valence-corrected chi connectivity index (χ4v) is 4.32. The minimum absolute atomic E-state index is 0.220. The van der Waals surface area contributed by atoms with Gasteiger partial charge in [-0.25, -0.2) is 29.4 Å². The minimum Gasteiger partial charge on any atom is -0.420 e. The third-order valence-corrected chi connectivity index (χ3v) is 6.50. The Balaban J connectivity index is 1.34. The van der Waals surface area contributed by atoms with Gasteiger partial charge in [0.05, 0.1) is 16.3 Å². The molecule has 0 saturated carbocycles. The number of fused-ring (bicyclic) bond motifs is 1. The number of anilines is 3. The van der Waals surface area contributed by atoms with E-state index in [0.29, 0.717) is 54.2 Å². The lowest BCUT2D eigenvalue weighted by Gasteiger charge is -2.27. The number of aromatic nitrogens is 4. The summed E-state index contributed by atoms with van der Waals surface area (Å²) in [6.45, 7) is 1.21. The van der Waals surface area contributed by atoms with Gasteiger partial charge in [-0.05, 0) is 42.5 Å². The number of hydrogen-bond acceptors (Lipinski definition) is 9. The number of nitrogen functional groups attached to an aromatic ring is 1. The molecule has 2 aromatic carbocycles. The number of halogens is 4. The second-order valence-electron chi connectivity index (χ2n) is 8.87. The number of urea groups is 1. The van der Waals surface area contributed by atoms with Crippen molar-refractivity contribution in [3.05, 3.63) is 65.7 Å². The smallest absolute Gasteiger partial charge is 0.417 e. The van der Waals surface area contributed by atoms with E-state index in [-0.39, 0.29) is 17.2 Å². The van der Waals surface area contributed by atoms with Gasteiger partial charge >= 0.3 is 18.3 Å². The number of benzene rings is 2. The molecule has 0 atom stereocenters. The molecule has 0 spiro atoms. The molecule has 13 nitrogen and oxygen atoms in total. The summed E-state index contributed by atoms with van der Waals surface area (Å²) >= 11 is 5.75. The Hall–Kier alpha value is -4.67. The predicted octanol–water partition coefficient (Wildman–Crippen LogP) is 4.04. The van der Waals surface area contributed by atoms with Crippen LogP contribution >= 0.6 is 11.6 Å². The third-order valence-electron chi connectivity index (χ3n) is 6.17. The van der Waals surface area contributed by atoms with Gasteiger partial charge in [0.15, 0.2) is 17.0 Å². The largest absolute Gasteiger partial charge is 0.420 e. The molecule has 4 N–H and O–H groups in total. The maximum Gasteiger partial charge on any atom is 0.417 e. The second kappa shape index (κ2) is 12.1. The van der Waals surface area contributed by atoms with Crippen LogP contribution in [0.1, 0.15) is 5.56 Å². The summed E-state index contributed by atoms with van der Waals surface area (Å²) in [5.74, 6) is 0.220. The van der Waals surface area contributed by atoms with E-state index in [1.54, 1.807) is 28.8 Å². The summed E-state index contributed by atoms with van der Waals surface area (Å²) < 4.78 is 47.4. The van der Waals surface area contributed by atoms with E-state index in [1.165, 1.54) is 17.6 Å². The number of nitrogens with zero attached hydrogens (tertiary/aromatic N) is 6. The number of alkyl halides is 3. The zero-order chi connectivity index (χ0) is 29.9. The maximum absolute atomic E-state index is 13.5. The van der Waals surface area contributed by atoms with Crippen molar-refractivity contribution in [3.63, 3.8) is 0 Å². The lowest BCUT2D eigenvalue weighted by atomic mass is 10.2. The first kappa shape index (κ1) is 28.8. The summed E-state index contributed by atoms with van der Waals surface area (Å²) in [4.78, 5) is 44.7. The molecule has 1 aliphatic heterocycles. The van der Waals surface area contributed by atoms with Crippen LogP contribution in [0.2, 0.25) is 5.02 Å². The molecule has 1 fully saturated rings. The molecule has 5 rings (SSSR count). The van der Waals surface area contributed by atoms with Crippen molar-refractivity contribution in [3.8, 4) is 5.69 Å². The fraction of sp³-hybridized carbons (Fsp3) is 0.240. The Morgan fingerprint density at radius 3 is 2.55 bits per heavy atom. The lowest BCUT2D eigenvalue weighted by molar-refractivity contribution is -0.137. The molecule has 1 aliphatic rings. The lowest BCUT2D eigenvalue weighted by Crippen LogP contribution is -2.47. The monoisotopic (exact) mass is 605 g/mol. The molecule has 0 radical (unpaired) electrons. The first-order chi connectivity index (χ1) is 20.1. The van der Waals surface area contributed by atoms with E-state index < -0.39 is 35.7 Å². The highest BCUT2D eigenvalue weighted by Crippen LogP contribution is 2.37. The average Bonchev–Trinajstić information content (AvgIpc) is 3.41. The number of imidazole rings is 1. The molecule has 3 heterocycles. The maximum atomic E-state index is 13.5. The van der Waals surface area contributed by atoms with Crippen molar-refractivity contribution in [2.45, 2.75) is 6.18 Å². The molecule has 17 heteroatoms. The van der Waals surface area contributed by atoms with E-state index in [0.717, 1.165) is 12.1 Å². The van der Waals surface area contributed by atoms with Crippen LogP contribution in [0.4, 0.5) is 40.0 Å². The second-order valence-corrected chi connectivity index (χ2v) is 9.28. The number of nitrogens with two attached hydrogens (primary N) is 1. The van der Waals surface area contributed by atoms with Crippen LogP contribution in [0.15, 0.2) is 55.1 Å². The average molecular weight is 606 g/mol. The number of amides is 3. The van der Waals surface area contributed by atoms with Crippen molar-refractivity contribution in [1.29, 1.82) is 0 Å². The summed E-state index contributed by atoms with van der Waals surface area (Å²) in [6, 6.07) is 8.24. The Bertz CT molecular complexity index is 1590. The van der Waals surface area contributed by atoms with Crippen molar-refractivity contribution in [1.82, 2.24) is 29.7 Å². The number of hydrogen-bond donors (Lipinski definition) is 3. The van der Waals surface area contributed by atoms with E-state index in [1.807, 2.05) is 0 Å². The van der Waals surface area contributed by atoms with Gasteiger partial charge in [0.2, 0.25) is 6.79 Å². The predicted molar refractivity (Wildman–Crippen MR) is 146 cm³/mol. The van der Waals surface area contributed by atoms with E-state index in [2.05, 4.69) is 25.6 Å². The zero-order valence-corrected chi connectivity index (χ0v) is 22.4. The molecule has 3 amide bonds. The highest BCUT2D eigenvalue weighted by Gasteiger charge is 2.34. The van der Waals surface area contributed by atoms with E-state index in [9.17, 15) is 22.8 Å². The molecule has 0 bridgehead atoms. The normalized spacial score (nSPS) is 13.7. The van der Waals surface area contributed by atoms with E-state index in [4.69, 9.17) is 26.9 Å². The van der Waals surface area contributed by atoms with E-state index >= 15 is 0 Å². The molecule has 2 aromatic heterocycles. The van der Waals surface area contributed by atoms with Crippen molar-refractivity contribution >= 4 is 52.1 Å². The Labute approximate surface area is 240 Å². The molecule has 0 aliphatic carbocycles.